The van der Waals surface area contributed by atoms with Crippen molar-refractivity contribution in [2.24, 2.45) is 18.9 Å². The number of ether oxygens (including phenoxy) is 1. The zero-order valence-electron chi connectivity index (χ0n) is 26.0. The van der Waals surface area contributed by atoms with E-state index in [4.69, 9.17) is 4.74 Å². The van der Waals surface area contributed by atoms with Gasteiger partial charge in [0.2, 0.25) is 5.91 Å². The van der Waals surface area contributed by atoms with Crippen molar-refractivity contribution in [1.29, 1.82) is 0 Å². The van der Waals surface area contributed by atoms with Crippen molar-refractivity contribution < 1.29 is 19.1 Å². The van der Waals surface area contributed by atoms with E-state index in [-0.39, 0.29) is 29.6 Å². The molecule has 44 heavy (non-hydrogen) atoms. The van der Waals surface area contributed by atoms with E-state index in [1.54, 1.807) is 0 Å². The smallest absolute Gasteiger partial charge is 0.309 e. The highest BCUT2D eigenvalue weighted by Gasteiger charge is 2.48. The maximum atomic E-state index is 14.6. The monoisotopic (exact) mass is 591 g/mol. The number of piperidine rings is 1. The van der Waals surface area contributed by atoms with Crippen LogP contribution in [0.25, 0.3) is 22.2 Å². The number of benzene rings is 3. The summed E-state index contributed by atoms with van der Waals surface area (Å²) in [5, 5.41) is 1.07. The van der Waals surface area contributed by atoms with Crippen LogP contribution in [-0.2, 0) is 21.4 Å². The van der Waals surface area contributed by atoms with Crippen LogP contribution in [0.4, 0.5) is 0 Å². The van der Waals surface area contributed by atoms with Crippen LogP contribution in [0.5, 0.6) is 0 Å². The summed E-state index contributed by atoms with van der Waals surface area (Å²) in [7, 11) is 2.08. The minimum Gasteiger partial charge on any atom is -0.466 e. The Morgan fingerprint density at radius 3 is 2.27 bits per heavy atom. The second kappa shape index (κ2) is 12.3. The molecule has 2 aliphatic rings. The minimum atomic E-state index is -0.661. The molecule has 3 unspecified atom stereocenters. The third kappa shape index (κ3) is 4.98. The van der Waals surface area contributed by atoms with Crippen LogP contribution in [0, 0.1) is 11.8 Å². The molecule has 6 rings (SSSR count). The van der Waals surface area contributed by atoms with E-state index in [0.29, 0.717) is 38.1 Å². The number of amides is 2. The number of carbonyl (C=O) groups is 3. The molecule has 3 atom stereocenters. The molecule has 3 heterocycles. The molecule has 0 N–H and O–H groups in total. The predicted molar refractivity (Wildman–Crippen MR) is 172 cm³/mol. The van der Waals surface area contributed by atoms with Crippen molar-refractivity contribution in [2.75, 3.05) is 19.7 Å². The SMILES string of the molecule is CCOC(=O)C1CCN(C(=O)C(C(C)CC)N2C(=O)c3ccccc3C2c2c(-c3ccccc3)n(C)c3ccccc23)CC1. The zero-order valence-corrected chi connectivity index (χ0v) is 26.0. The first-order valence-corrected chi connectivity index (χ1v) is 15.9. The molecule has 228 valence electrons. The summed E-state index contributed by atoms with van der Waals surface area (Å²) in [4.78, 5) is 45.3. The molecule has 2 aliphatic heterocycles. The Bertz CT molecular complexity index is 1690. The molecule has 1 saturated heterocycles. The van der Waals surface area contributed by atoms with Gasteiger partial charge in [0.25, 0.3) is 5.91 Å². The number of hydrogen-bond acceptors (Lipinski definition) is 4. The van der Waals surface area contributed by atoms with E-state index in [2.05, 4.69) is 49.7 Å². The number of carbonyl (C=O) groups excluding carboxylic acids is 3. The lowest BCUT2D eigenvalue weighted by molar-refractivity contribution is -0.152. The second-order valence-electron chi connectivity index (χ2n) is 12.1. The molecule has 2 amide bonds. The Hall–Kier alpha value is -4.39. The lowest BCUT2D eigenvalue weighted by Crippen LogP contribution is -2.55. The molecular formula is C37H41N3O4. The third-order valence-corrected chi connectivity index (χ3v) is 9.63. The number of nitrogens with zero attached hydrogens (tertiary/aromatic N) is 3. The molecular weight excluding hydrogens is 550 g/mol. The third-order valence-electron chi connectivity index (χ3n) is 9.63. The molecule has 7 heteroatoms. The van der Waals surface area contributed by atoms with Gasteiger partial charge in [0, 0.05) is 42.2 Å². The molecule has 1 fully saturated rings. The van der Waals surface area contributed by atoms with E-state index < -0.39 is 12.1 Å². The van der Waals surface area contributed by atoms with Gasteiger partial charge in [-0.2, -0.15) is 0 Å². The van der Waals surface area contributed by atoms with Gasteiger partial charge in [-0.3, -0.25) is 14.4 Å². The Morgan fingerprint density at radius 1 is 0.909 bits per heavy atom. The first-order chi connectivity index (χ1) is 21.4. The summed E-state index contributed by atoms with van der Waals surface area (Å²) >= 11 is 0. The van der Waals surface area contributed by atoms with Crippen molar-refractivity contribution in [3.05, 3.63) is 95.6 Å². The molecule has 4 aromatic rings. The first kappa shape index (κ1) is 29.7. The highest BCUT2D eigenvalue weighted by molar-refractivity contribution is 6.04. The summed E-state index contributed by atoms with van der Waals surface area (Å²) < 4.78 is 7.47. The summed E-state index contributed by atoms with van der Waals surface area (Å²) in [5.41, 5.74) is 5.78. The second-order valence-corrected chi connectivity index (χ2v) is 12.1. The van der Waals surface area contributed by atoms with E-state index in [0.717, 1.165) is 39.7 Å². The largest absolute Gasteiger partial charge is 0.466 e. The van der Waals surface area contributed by atoms with Gasteiger partial charge in [-0.15, -0.1) is 0 Å². The molecule has 0 saturated carbocycles. The molecule has 0 bridgehead atoms. The van der Waals surface area contributed by atoms with Crippen molar-refractivity contribution in [2.45, 2.75) is 52.1 Å². The van der Waals surface area contributed by atoms with Gasteiger partial charge in [0.05, 0.1) is 24.3 Å². The number of likely N-dealkylation sites (tertiary alicyclic amines) is 1. The highest BCUT2D eigenvalue weighted by Crippen LogP contribution is 2.48. The predicted octanol–water partition coefficient (Wildman–Crippen LogP) is 6.61. The van der Waals surface area contributed by atoms with E-state index in [9.17, 15) is 14.4 Å². The zero-order chi connectivity index (χ0) is 31.0. The van der Waals surface area contributed by atoms with Crippen molar-refractivity contribution in [3.8, 4) is 11.3 Å². The summed E-state index contributed by atoms with van der Waals surface area (Å²) in [6.45, 7) is 7.26. The maximum absolute atomic E-state index is 14.6. The van der Waals surface area contributed by atoms with E-state index >= 15 is 0 Å². The number of para-hydroxylation sites is 1. The van der Waals surface area contributed by atoms with Crippen LogP contribution in [0.3, 0.4) is 0 Å². The number of aromatic nitrogens is 1. The lowest BCUT2D eigenvalue weighted by Gasteiger charge is -2.41. The van der Waals surface area contributed by atoms with Crippen LogP contribution >= 0.6 is 0 Å². The topological polar surface area (TPSA) is 71.8 Å². The number of hydrogen-bond donors (Lipinski definition) is 0. The Balaban J connectivity index is 1.49. The van der Waals surface area contributed by atoms with Gasteiger partial charge in [-0.05, 0) is 48.9 Å². The molecule has 0 radical (unpaired) electrons. The summed E-state index contributed by atoms with van der Waals surface area (Å²) in [6.07, 6.45) is 1.87. The minimum absolute atomic E-state index is 0.0469. The molecule has 0 spiro atoms. The fraction of sp³-hybridized carbons (Fsp3) is 0.378. The van der Waals surface area contributed by atoms with E-state index in [1.165, 1.54) is 0 Å². The van der Waals surface area contributed by atoms with Crippen molar-refractivity contribution in [3.63, 3.8) is 0 Å². The molecule has 3 aromatic carbocycles. The standard InChI is InChI=1S/C37H41N3O4/c1-5-24(3)32(36(42)39-22-20-26(21-23-39)37(43)44-6-2)40-34(27-16-10-11-17-28(27)35(40)41)31-29-18-12-13-19-30(29)38(4)33(31)25-14-8-7-9-15-25/h7-19,24,26,32,34H,5-6,20-23H2,1-4H3. The van der Waals surface area contributed by atoms with E-state index in [1.807, 2.05) is 71.3 Å². The van der Waals surface area contributed by atoms with Gasteiger partial charge in [0.15, 0.2) is 0 Å². The van der Waals surface area contributed by atoms with Gasteiger partial charge in [0.1, 0.15) is 6.04 Å². The first-order valence-electron chi connectivity index (χ1n) is 15.9. The summed E-state index contributed by atoms with van der Waals surface area (Å²) in [6, 6.07) is 25.3. The normalized spacial score (nSPS) is 18.4. The fourth-order valence-electron chi connectivity index (χ4n) is 7.20. The van der Waals surface area contributed by atoms with Gasteiger partial charge in [-0.25, -0.2) is 0 Å². The number of fused-ring (bicyclic) bond motifs is 2. The van der Waals surface area contributed by atoms with Gasteiger partial charge >= 0.3 is 5.97 Å². The van der Waals surface area contributed by atoms with Crippen molar-refractivity contribution in [1.82, 2.24) is 14.4 Å². The average Bonchev–Trinajstić information content (AvgIpc) is 3.51. The fourth-order valence-corrected chi connectivity index (χ4v) is 7.20. The summed E-state index contributed by atoms with van der Waals surface area (Å²) in [5.74, 6) is -0.628. The van der Waals surface area contributed by atoms with Crippen LogP contribution in [0.2, 0.25) is 0 Å². The van der Waals surface area contributed by atoms with Crippen molar-refractivity contribution >= 4 is 28.7 Å². The van der Waals surface area contributed by atoms with Crippen LogP contribution in [-0.4, -0.2) is 57.9 Å². The lowest BCUT2D eigenvalue weighted by atomic mass is 9.89. The molecule has 1 aromatic heterocycles. The van der Waals surface area contributed by atoms with Crippen LogP contribution < -0.4 is 0 Å². The molecule has 7 nitrogen and oxygen atoms in total. The molecule has 0 aliphatic carbocycles. The number of esters is 1. The maximum Gasteiger partial charge on any atom is 0.309 e. The number of rotatable bonds is 8. The average molecular weight is 592 g/mol. The quantitative estimate of drug-likeness (QED) is 0.216. The van der Waals surface area contributed by atoms with Crippen LogP contribution in [0.15, 0.2) is 78.9 Å². The van der Waals surface area contributed by atoms with Crippen LogP contribution in [0.1, 0.15) is 67.6 Å². The number of aryl methyl sites for hydroxylation is 1. The Kier molecular flexibility index (Phi) is 8.30. The van der Waals surface area contributed by atoms with Gasteiger partial charge in [-0.1, -0.05) is 87.0 Å². The Labute approximate surface area is 259 Å². The Morgan fingerprint density at radius 2 is 1.57 bits per heavy atom. The highest BCUT2D eigenvalue weighted by atomic mass is 16.5. The van der Waals surface area contributed by atoms with Gasteiger partial charge < -0.3 is 19.1 Å².